The van der Waals surface area contributed by atoms with Crippen molar-refractivity contribution in [2.24, 2.45) is 0 Å². The molecular weight excluding hydrogens is 369 g/mol. The van der Waals surface area contributed by atoms with Crippen LogP contribution in [0.15, 0.2) is 47.4 Å². The molecule has 1 aliphatic heterocycles. The molecule has 7 heteroatoms. The molecule has 0 atom stereocenters. The number of nitrogen functional groups attached to an aromatic ring is 1. The molecule has 2 N–H and O–H groups in total. The van der Waals surface area contributed by atoms with Crippen molar-refractivity contribution in [3.63, 3.8) is 0 Å². The maximum Gasteiger partial charge on any atom is 0.188 e. The van der Waals surface area contributed by atoms with Crippen LogP contribution in [0.2, 0.25) is 10.0 Å². The first-order valence-corrected chi connectivity index (χ1v) is 9.74. The molecule has 3 rings (SSSR count). The summed E-state index contributed by atoms with van der Waals surface area (Å²) >= 11 is 11.9. The molecule has 0 spiro atoms. The third kappa shape index (κ3) is 2.90. The fourth-order valence-electron chi connectivity index (χ4n) is 3.08. The van der Waals surface area contributed by atoms with Crippen LogP contribution in [0.5, 0.6) is 0 Å². The van der Waals surface area contributed by atoms with E-state index in [1.165, 1.54) is 12.1 Å². The van der Waals surface area contributed by atoms with Crippen LogP contribution in [0.4, 0.5) is 5.69 Å². The number of nitrogens with two attached hydrogens (primary N) is 1. The van der Waals surface area contributed by atoms with E-state index in [1.54, 1.807) is 30.3 Å². The Bertz CT molecular complexity index is 845. The Morgan fingerprint density at radius 3 is 2.21 bits per heavy atom. The SMILES string of the molecule is Nc1cc(C2(S(=O)(=O)c3ccc(Cl)cc3)CCOCC2)ccc1Cl. The van der Waals surface area contributed by atoms with E-state index in [9.17, 15) is 8.42 Å². The van der Waals surface area contributed by atoms with Gasteiger partial charge in [0.05, 0.1) is 15.6 Å². The van der Waals surface area contributed by atoms with Gasteiger partial charge in [0.15, 0.2) is 9.84 Å². The van der Waals surface area contributed by atoms with Crippen LogP contribution < -0.4 is 5.73 Å². The molecule has 128 valence electrons. The van der Waals surface area contributed by atoms with Gasteiger partial charge in [-0.3, -0.25) is 0 Å². The minimum atomic E-state index is -3.66. The molecular formula is C17H17Cl2NO3S. The van der Waals surface area contributed by atoms with Crippen LogP contribution in [0.3, 0.4) is 0 Å². The van der Waals surface area contributed by atoms with Gasteiger partial charge < -0.3 is 10.5 Å². The molecule has 2 aromatic rings. The highest BCUT2D eigenvalue weighted by Crippen LogP contribution is 2.44. The highest BCUT2D eigenvalue weighted by atomic mass is 35.5. The summed E-state index contributed by atoms with van der Waals surface area (Å²) < 4.78 is 31.2. The average Bonchev–Trinajstić information content (AvgIpc) is 2.58. The van der Waals surface area contributed by atoms with Crippen molar-refractivity contribution in [1.82, 2.24) is 0 Å². The summed E-state index contributed by atoms with van der Waals surface area (Å²) in [4.78, 5) is 0.238. The van der Waals surface area contributed by atoms with Gasteiger partial charge in [0.2, 0.25) is 0 Å². The zero-order valence-corrected chi connectivity index (χ0v) is 15.2. The van der Waals surface area contributed by atoms with E-state index < -0.39 is 14.6 Å². The molecule has 0 amide bonds. The molecule has 1 aliphatic rings. The van der Waals surface area contributed by atoms with Crippen LogP contribution in [-0.4, -0.2) is 21.6 Å². The summed E-state index contributed by atoms with van der Waals surface area (Å²) in [5, 5.41) is 0.899. The zero-order valence-electron chi connectivity index (χ0n) is 12.8. The predicted octanol–water partition coefficient (Wildman–Crippen LogP) is 4.06. The summed E-state index contributed by atoms with van der Waals surface area (Å²) in [5.41, 5.74) is 6.92. The Balaban J connectivity index is 2.18. The van der Waals surface area contributed by atoms with Gasteiger partial charge in [-0.05, 0) is 54.8 Å². The first kappa shape index (κ1) is 17.5. The number of benzene rings is 2. The quantitative estimate of drug-likeness (QED) is 0.808. The standard InChI is InChI=1S/C17H17Cl2NO3S/c18-13-2-4-14(5-3-13)24(21,22)17(7-9-23-10-8-17)12-1-6-15(19)16(20)11-12/h1-6,11H,7-10,20H2. The van der Waals surface area contributed by atoms with E-state index in [2.05, 4.69) is 0 Å². The van der Waals surface area contributed by atoms with Gasteiger partial charge in [-0.1, -0.05) is 29.3 Å². The smallest absolute Gasteiger partial charge is 0.188 e. The molecule has 1 fully saturated rings. The molecule has 1 heterocycles. The summed E-state index contributed by atoms with van der Waals surface area (Å²) in [6.45, 7) is 0.741. The number of rotatable bonds is 3. The van der Waals surface area contributed by atoms with Crippen molar-refractivity contribution in [2.75, 3.05) is 18.9 Å². The van der Waals surface area contributed by atoms with Crippen LogP contribution in [0.25, 0.3) is 0 Å². The topological polar surface area (TPSA) is 69.4 Å². The number of hydrogen-bond donors (Lipinski definition) is 1. The number of anilines is 1. The third-order valence-electron chi connectivity index (χ3n) is 4.46. The van der Waals surface area contributed by atoms with Crippen molar-refractivity contribution in [3.05, 3.63) is 58.1 Å². The third-order valence-corrected chi connectivity index (χ3v) is 7.62. The Kier molecular flexibility index (Phi) is 4.80. The Morgan fingerprint density at radius 1 is 1.00 bits per heavy atom. The maximum absolute atomic E-state index is 13.4. The van der Waals surface area contributed by atoms with Crippen LogP contribution >= 0.6 is 23.2 Å². The molecule has 0 aromatic heterocycles. The van der Waals surface area contributed by atoms with Gasteiger partial charge in [-0.15, -0.1) is 0 Å². The van der Waals surface area contributed by atoms with E-state index >= 15 is 0 Å². The summed E-state index contributed by atoms with van der Waals surface area (Å²) in [7, 11) is -3.66. The molecule has 0 saturated carbocycles. The van der Waals surface area contributed by atoms with Crippen molar-refractivity contribution >= 4 is 38.7 Å². The lowest BCUT2D eigenvalue weighted by Crippen LogP contribution is -2.41. The van der Waals surface area contributed by atoms with Gasteiger partial charge in [0.25, 0.3) is 0 Å². The minimum Gasteiger partial charge on any atom is -0.398 e. The molecule has 0 radical (unpaired) electrons. The predicted molar refractivity (Wildman–Crippen MR) is 96.2 cm³/mol. The lowest BCUT2D eigenvalue weighted by molar-refractivity contribution is 0.0740. The second-order valence-corrected chi connectivity index (χ2v) is 8.90. The first-order valence-electron chi connectivity index (χ1n) is 7.50. The maximum atomic E-state index is 13.4. The largest absolute Gasteiger partial charge is 0.398 e. The second-order valence-electron chi connectivity index (χ2n) is 5.80. The molecule has 1 saturated heterocycles. The van der Waals surface area contributed by atoms with E-state index in [1.807, 2.05) is 0 Å². The zero-order chi connectivity index (χ0) is 17.4. The van der Waals surface area contributed by atoms with Crippen LogP contribution in [0, 0.1) is 0 Å². The van der Waals surface area contributed by atoms with E-state index in [4.69, 9.17) is 33.7 Å². The molecule has 24 heavy (non-hydrogen) atoms. The summed E-state index contributed by atoms with van der Waals surface area (Å²) in [6, 6.07) is 11.3. The van der Waals surface area contributed by atoms with Crippen LogP contribution in [-0.2, 0) is 19.3 Å². The second kappa shape index (κ2) is 6.56. The Morgan fingerprint density at radius 2 is 1.62 bits per heavy atom. The summed E-state index contributed by atoms with van der Waals surface area (Å²) in [6.07, 6.45) is 0.720. The number of ether oxygens (including phenoxy) is 1. The van der Waals surface area contributed by atoms with Crippen LogP contribution in [0.1, 0.15) is 18.4 Å². The van der Waals surface area contributed by atoms with Gasteiger partial charge in [-0.2, -0.15) is 0 Å². The van der Waals surface area contributed by atoms with Gasteiger partial charge in [0, 0.05) is 18.2 Å². The molecule has 0 aliphatic carbocycles. The van der Waals surface area contributed by atoms with Gasteiger partial charge in [0.1, 0.15) is 4.75 Å². The van der Waals surface area contributed by atoms with Crippen molar-refractivity contribution in [1.29, 1.82) is 0 Å². The number of halogens is 2. The lowest BCUT2D eigenvalue weighted by Gasteiger charge is -2.37. The van der Waals surface area contributed by atoms with Crippen molar-refractivity contribution in [2.45, 2.75) is 22.5 Å². The van der Waals surface area contributed by atoms with Crippen molar-refractivity contribution < 1.29 is 13.2 Å². The minimum absolute atomic E-state index is 0.238. The number of hydrogen-bond acceptors (Lipinski definition) is 4. The molecule has 0 unspecified atom stereocenters. The lowest BCUT2D eigenvalue weighted by atomic mass is 9.90. The van der Waals surface area contributed by atoms with E-state index in [0.717, 1.165) is 0 Å². The normalized spacial score (nSPS) is 17.6. The van der Waals surface area contributed by atoms with Gasteiger partial charge in [-0.25, -0.2) is 8.42 Å². The highest BCUT2D eigenvalue weighted by molar-refractivity contribution is 7.92. The highest BCUT2D eigenvalue weighted by Gasteiger charge is 2.47. The van der Waals surface area contributed by atoms with Gasteiger partial charge >= 0.3 is 0 Å². The first-order chi connectivity index (χ1) is 11.4. The molecule has 4 nitrogen and oxygen atoms in total. The number of sulfone groups is 1. The monoisotopic (exact) mass is 385 g/mol. The summed E-state index contributed by atoms with van der Waals surface area (Å²) in [5.74, 6) is 0. The fraction of sp³-hybridized carbons (Fsp3) is 0.294. The Labute approximate surface area is 151 Å². The molecule has 0 bridgehead atoms. The fourth-order valence-corrected chi connectivity index (χ4v) is 5.41. The average molecular weight is 386 g/mol. The molecule has 2 aromatic carbocycles. The Hall–Kier alpha value is -1.27. The van der Waals surface area contributed by atoms with Crippen molar-refractivity contribution in [3.8, 4) is 0 Å². The van der Waals surface area contributed by atoms with E-state index in [-0.39, 0.29) is 4.90 Å². The van der Waals surface area contributed by atoms with E-state index in [0.29, 0.717) is 47.4 Å².